The number of halogens is 3. The Morgan fingerprint density at radius 1 is 1.28 bits per heavy atom. The first-order valence-corrected chi connectivity index (χ1v) is 5.12. The minimum atomic E-state index is -4.45. The average Bonchev–Trinajstić information content (AvgIpc) is 2.77. The molecule has 0 aliphatic carbocycles. The molecule has 3 nitrogen and oxygen atoms in total. The molecule has 1 N–H and O–H groups in total. The lowest BCUT2D eigenvalue weighted by Crippen LogP contribution is -2.06. The second kappa shape index (κ2) is 4.29. The Labute approximate surface area is 101 Å². The second-order valence-corrected chi connectivity index (χ2v) is 3.77. The highest BCUT2D eigenvalue weighted by atomic mass is 19.4. The zero-order valence-corrected chi connectivity index (χ0v) is 9.38. The fourth-order valence-electron chi connectivity index (χ4n) is 1.59. The van der Waals surface area contributed by atoms with Gasteiger partial charge in [0.1, 0.15) is 5.69 Å². The third kappa shape index (κ3) is 2.27. The van der Waals surface area contributed by atoms with Crippen molar-refractivity contribution in [2.45, 2.75) is 13.1 Å². The van der Waals surface area contributed by atoms with Crippen LogP contribution < -0.4 is 0 Å². The minimum Gasteiger partial charge on any atom is -0.293 e. The zero-order chi connectivity index (χ0) is 13.3. The van der Waals surface area contributed by atoms with Crippen LogP contribution in [-0.4, -0.2) is 16.0 Å². The molecule has 2 aromatic rings. The SMILES string of the molecule is CC(=O)c1cc(-c2ccccc2C(F)(F)F)n[nH]1. The third-order valence-corrected chi connectivity index (χ3v) is 2.47. The topological polar surface area (TPSA) is 45.8 Å². The number of nitrogens with one attached hydrogen (secondary N) is 1. The van der Waals surface area contributed by atoms with Crippen LogP contribution in [0.4, 0.5) is 13.2 Å². The molecule has 0 amide bonds. The number of carbonyl (C=O) groups excluding carboxylic acids is 1. The van der Waals surface area contributed by atoms with Crippen LogP contribution in [0.1, 0.15) is 23.0 Å². The van der Waals surface area contributed by atoms with E-state index in [9.17, 15) is 18.0 Å². The Kier molecular flexibility index (Phi) is 2.94. The van der Waals surface area contributed by atoms with E-state index >= 15 is 0 Å². The van der Waals surface area contributed by atoms with Crippen LogP contribution in [0.15, 0.2) is 30.3 Å². The molecule has 6 heteroatoms. The molecule has 0 atom stereocenters. The summed E-state index contributed by atoms with van der Waals surface area (Å²) in [6, 6.07) is 6.42. The van der Waals surface area contributed by atoms with E-state index in [4.69, 9.17) is 0 Å². The predicted octanol–water partition coefficient (Wildman–Crippen LogP) is 3.30. The summed E-state index contributed by atoms with van der Waals surface area (Å²) >= 11 is 0. The molecule has 0 fully saturated rings. The largest absolute Gasteiger partial charge is 0.417 e. The fraction of sp³-hybridized carbons (Fsp3) is 0.167. The molecule has 1 aromatic heterocycles. The zero-order valence-electron chi connectivity index (χ0n) is 9.38. The molecule has 0 saturated carbocycles. The summed E-state index contributed by atoms with van der Waals surface area (Å²) < 4.78 is 38.4. The van der Waals surface area contributed by atoms with Crippen LogP contribution in [0.3, 0.4) is 0 Å². The molecule has 0 saturated heterocycles. The van der Waals surface area contributed by atoms with Crippen molar-refractivity contribution in [2.75, 3.05) is 0 Å². The molecule has 0 radical (unpaired) electrons. The van der Waals surface area contributed by atoms with E-state index in [2.05, 4.69) is 10.2 Å². The summed E-state index contributed by atoms with van der Waals surface area (Å²) in [5, 5.41) is 6.15. The Hall–Kier alpha value is -2.11. The Morgan fingerprint density at radius 3 is 2.50 bits per heavy atom. The lowest BCUT2D eigenvalue weighted by atomic mass is 10.0. The standard InChI is InChI=1S/C12H9F3N2O/c1-7(18)10-6-11(17-16-10)8-4-2-3-5-9(8)12(13,14)15/h2-6H,1H3,(H,16,17). The van der Waals surface area contributed by atoms with Gasteiger partial charge in [-0.05, 0) is 12.1 Å². The van der Waals surface area contributed by atoms with Gasteiger partial charge in [0.15, 0.2) is 5.78 Å². The molecule has 0 aliphatic rings. The fourth-order valence-corrected chi connectivity index (χ4v) is 1.59. The van der Waals surface area contributed by atoms with Crippen LogP contribution in [0, 0.1) is 0 Å². The Morgan fingerprint density at radius 2 is 1.94 bits per heavy atom. The molecule has 1 aromatic carbocycles. The van der Waals surface area contributed by atoms with E-state index in [-0.39, 0.29) is 22.7 Å². The number of hydrogen-bond acceptors (Lipinski definition) is 2. The van der Waals surface area contributed by atoms with Gasteiger partial charge in [-0.25, -0.2) is 0 Å². The van der Waals surface area contributed by atoms with E-state index in [1.165, 1.54) is 31.2 Å². The van der Waals surface area contributed by atoms with E-state index in [0.717, 1.165) is 6.07 Å². The van der Waals surface area contributed by atoms with Gasteiger partial charge in [-0.3, -0.25) is 9.89 Å². The van der Waals surface area contributed by atoms with Gasteiger partial charge in [0, 0.05) is 12.5 Å². The number of hydrogen-bond donors (Lipinski definition) is 1. The highest BCUT2D eigenvalue weighted by Crippen LogP contribution is 2.36. The number of benzene rings is 1. The molecule has 0 aliphatic heterocycles. The summed E-state index contributed by atoms with van der Waals surface area (Å²) in [5.41, 5.74) is -0.532. The monoisotopic (exact) mass is 254 g/mol. The maximum atomic E-state index is 12.8. The van der Waals surface area contributed by atoms with E-state index < -0.39 is 11.7 Å². The molecule has 2 rings (SSSR count). The van der Waals surface area contributed by atoms with Crippen molar-refractivity contribution in [3.8, 4) is 11.3 Å². The number of alkyl halides is 3. The van der Waals surface area contributed by atoms with Gasteiger partial charge in [-0.1, -0.05) is 18.2 Å². The van der Waals surface area contributed by atoms with Crippen LogP contribution in [0.2, 0.25) is 0 Å². The molecule has 0 bridgehead atoms. The predicted molar refractivity (Wildman–Crippen MR) is 59.0 cm³/mol. The first-order chi connectivity index (χ1) is 8.39. The molecular weight excluding hydrogens is 245 g/mol. The van der Waals surface area contributed by atoms with E-state index in [1.807, 2.05) is 0 Å². The van der Waals surface area contributed by atoms with E-state index in [0.29, 0.717) is 0 Å². The summed E-state index contributed by atoms with van der Waals surface area (Å²) in [6.07, 6.45) is -4.45. The van der Waals surface area contributed by atoms with Crippen molar-refractivity contribution < 1.29 is 18.0 Å². The summed E-state index contributed by atoms with van der Waals surface area (Å²) in [6.45, 7) is 1.31. The average molecular weight is 254 g/mol. The first-order valence-electron chi connectivity index (χ1n) is 5.12. The molecule has 0 unspecified atom stereocenters. The molecule has 1 heterocycles. The number of rotatable bonds is 2. The maximum absolute atomic E-state index is 12.8. The van der Waals surface area contributed by atoms with E-state index in [1.54, 1.807) is 0 Å². The van der Waals surface area contributed by atoms with Crippen molar-refractivity contribution in [2.24, 2.45) is 0 Å². The normalized spacial score (nSPS) is 11.6. The van der Waals surface area contributed by atoms with Crippen molar-refractivity contribution >= 4 is 5.78 Å². The number of aromatic nitrogens is 2. The first kappa shape index (κ1) is 12.3. The van der Waals surface area contributed by atoms with Gasteiger partial charge < -0.3 is 0 Å². The van der Waals surface area contributed by atoms with Crippen LogP contribution in [0.5, 0.6) is 0 Å². The highest BCUT2D eigenvalue weighted by Gasteiger charge is 2.33. The molecule has 18 heavy (non-hydrogen) atoms. The lowest BCUT2D eigenvalue weighted by Gasteiger charge is -2.10. The number of ketones is 1. The van der Waals surface area contributed by atoms with Crippen molar-refractivity contribution in [1.82, 2.24) is 10.2 Å². The number of H-pyrrole nitrogens is 1. The molecule has 94 valence electrons. The quantitative estimate of drug-likeness (QED) is 0.836. The number of aromatic amines is 1. The molecule has 0 spiro atoms. The second-order valence-electron chi connectivity index (χ2n) is 3.77. The van der Waals surface area contributed by atoms with Gasteiger partial charge in [0.2, 0.25) is 0 Å². The number of Topliss-reactive ketones (excluding diaryl/α,β-unsaturated/α-hetero) is 1. The van der Waals surface area contributed by atoms with Crippen molar-refractivity contribution in [3.05, 3.63) is 41.6 Å². The van der Waals surface area contributed by atoms with Gasteiger partial charge >= 0.3 is 6.18 Å². The highest BCUT2D eigenvalue weighted by molar-refractivity contribution is 5.93. The Balaban J connectivity index is 2.53. The van der Waals surface area contributed by atoms with Crippen LogP contribution in [0.25, 0.3) is 11.3 Å². The van der Waals surface area contributed by atoms with Gasteiger partial charge in [0.05, 0.1) is 11.3 Å². The lowest BCUT2D eigenvalue weighted by molar-refractivity contribution is -0.137. The van der Waals surface area contributed by atoms with Crippen molar-refractivity contribution in [3.63, 3.8) is 0 Å². The van der Waals surface area contributed by atoms with Crippen molar-refractivity contribution in [1.29, 1.82) is 0 Å². The van der Waals surface area contributed by atoms with Gasteiger partial charge in [-0.2, -0.15) is 18.3 Å². The smallest absolute Gasteiger partial charge is 0.293 e. The summed E-state index contributed by atoms with van der Waals surface area (Å²) in [5.74, 6) is -0.279. The third-order valence-electron chi connectivity index (χ3n) is 2.47. The maximum Gasteiger partial charge on any atom is 0.417 e. The molecular formula is C12H9F3N2O. The minimum absolute atomic E-state index is 0.0475. The Bertz CT molecular complexity index is 587. The summed E-state index contributed by atoms with van der Waals surface area (Å²) in [4.78, 5) is 11.1. The van der Waals surface area contributed by atoms with Crippen LogP contribution >= 0.6 is 0 Å². The summed E-state index contributed by atoms with van der Waals surface area (Å²) in [7, 11) is 0. The number of nitrogens with zero attached hydrogens (tertiary/aromatic N) is 1. The van der Waals surface area contributed by atoms with Gasteiger partial charge in [-0.15, -0.1) is 0 Å². The number of carbonyl (C=O) groups is 1. The van der Waals surface area contributed by atoms with Crippen LogP contribution in [-0.2, 0) is 6.18 Å². The van der Waals surface area contributed by atoms with Gasteiger partial charge in [0.25, 0.3) is 0 Å².